The van der Waals surface area contributed by atoms with E-state index in [1.54, 1.807) is 0 Å². The molecule has 4 nitrogen and oxygen atoms in total. The number of carboxylic acids is 1. The first-order valence-corrected chi connectivity index (χ1v) is 10.3. The van der Waals surface area contributed by atoms with Gasteiger partial charge in [-0.15, -0.1) is 0 Å². The van der Waals surface area contributed by atoms with Crippen molar-refractivity contribution in [3.05, 3.63) is 0 Å². The highest BCUT2D eigenvalue weighted by Crippen LogP contribution is 2.13. The van der Waals surface area contributed by atoms with Gasteiger partial charge >= 0.3 is 5.97 Å². The molecule has 0 bridgehead atoms. The van der Waals surface area contributed by atoms with E-state index in [4.69, 9.17) is 9.94 Å². The molecule has 0 saturated carbocycles. The minimum absolute atomic E-state index is 0.265. The van der Waals surface area contributed by atoms with Crippen LogP contribution in [0.3, 0.4) is 0 Å². The number of hydrogen-bond acceptors (Lipinski definition) is 3. The number of aliphatic carboxylic acids is 1. The molecule has 0 heterocycles. The summed E-state index contributed by atoms with van der Waals surface area (Å²) >= 11 is 0. The number of carboxylic acid groups (broad SMARTS) is 1. The first kappa shape index (κ1) is 23.4. The van der Waals surface area contributed by atoms with Gasteiger partial charge in [-0.3, -0.25) is 4.84 Å². The molecular formula is C20H41NO3. The number of carbonyl (C=O) groups is 1. The topological polar surface area (TPSA) is 58.6 Å². The predicted octanol–water partition coefficient (Wildman–Crippen LogP) is 5.85. The van der Waals surface area contributed by atoms with Crippen molar-refractivity contribution in [2.45, 2.75) is 110 Å². The van der Waals surface area contributed by atoms with E-state index < -0.39 is 5.97 Å². The summed E-state index contributed by atoms with van der Waals surface area (Å²) in [6.45, 7) is 2.75. The third kappa shape index (κ3) is 21.4. The van der Waals surface area contributed by atoms with Gasteiger partial charge in [0.15, 0.2) is 6.61 Å². The van der Waals surface area contributed by atoms with Crippen molar-refractivity contribution in [1.82, 2.24) is 5.48 Å². The van der Waals surface area contributed by atoms with Crippen LogP contribution in [0.2, 0.25) is 0 Å². The highest BCUT2D eigenvalue weighted by molar-refractivity contribution is 5.67. The fourth-order valence-corrected chi connectivity index (χ4v) is 2.93. The highest BCUT2D eigenvalue weighted by Gasteiger charge is 1.96. The second-order valence-electron chi connectivity index (χ2n) is 6.88. The molecule has 0 unspecified atom stereocenters. The van der Waals surface area contributed by atoms with Crippen molar-refractivity contribution in [2.75, 3.05) is 13.2 Å². The van der Waals surface area contributed by atoms with Crippen LogP contribution >= 0.6 is 0 Å². The molecule has 0 rings (SSSR count). The maximum Gasteiger partial charge on any atom is 0.331 e. The Labute approximate surface area is 149 Å². The largest absolute Gasteiger partial charge is 0.479 e. The summed E-state index contributed by atoms with van der Waals surface area (Å²) < 4.78 is 0. The number of hydroxylamine groups is 1. The first-order chi connectivity index (χ1) is 11.8. The lowest BCUT2D eigenvalue weighted by atomic mass is 10.0. The van der Waals surface area contributed by atoms with Crippen molar-refractivity contribution >= 4 is 5.97 Å². The Kier molecular flexibility index (Phi) is 19.9. The molecule has 0 saturated heterocycles. The molecule has 0 radical (unpaired) electrons. The lowest BCUT2D eigenvalue weighted by Gasteiger charge is -2.04. The quantitative estimate of drug-likeness (QED) is 0.215. The van der Waals surface area contributed by atoms with E-state index >= 15 is 0 Å². The molecule has 0 aromatic heterocycles. The fraction of sp³-hybridized carbons (Fsp3) is 0.950. The van der Waals surface area contributed by atoms with Gasteiger partial charge in [-0.05, 0) is 6.42 Å². The molecule has 0 aromatic rings. The molecule has 0 aliphatic heterocycles. The van der Waals surface area contributed by atoms with E-state index in [1.165, 1.54) is 96.3 Å². The average molecular weight is 344 g/mol. The SMILES string of the molecule is CCCCCCCCCCCCCCCCCCNOCC(=O)O. The molecule has 4 heteroatoms. The summed E-state index contributed by atoms with van der Waals surface area (Å²) in [4.78, 5) is 15.0. The Hall–Kier alpha value is -0.610. The number of hydrogen-bond donors (Lipinski definition) is 2. The lowest BCUT2D eigenvalue weighted by molar-refractivity contribution is -0.145. The van der Waals surface area contributed by atoms with E-state index in [9.17, 15) is 4.79 Å². The van der Waals surface area contributed by atoms with Gasteiger partial charge in [0, 0.05) is 6.54 Å². The van der Waals surface area contributed by atoms with Crippen molar-refractivity contribution in [3.63, 3.8) is 0 Å². The molecule has 0 atom stereocenters. The molecule has 0 aromatic carbocycles. The Morgan fingerprint density at radius 1 is 0.708 bits per heavy atom. The van der Waals surface area contributed by atoms with E-state index in [-0.39, 0.29) is 6.61 Å². The monoisotopic (exact) mass is 343 g/mol. The standard InChI is InChI=1S/C20H41NO3/c1-2-3-4-5-6-7-8-9-10-11-12-13-14-15-16-17-18-21-24-19-20(22)23/h21H,2-19H2,1H3,(H,22,23). The average Bonchev–Trinajstić information content (AvgIpc) is 2.56. The molecule has 2 N–H and O–H groups in total. The summed E-state index contributed by atoms with van der Waals surface area (Å²) in [5.41, 5.74) is 2.69. The summed E-state index contributed by atoms with van der Waals surface area (Å²) in [7, 11) is 0. The Balaban J connectivity index is 2.97. The molecule has 144 valence electrons. The summed E-state index contributed by atoms with van der Waals surface area (Å²) in [6.07, 6.45) is 21.8. The van der Waals surface area contributed by atoms with E-state index in [2.05, 4.69) is 12.4 Å². The summed E-state index contributed by atoms with van der Waals surface area (Å²) in [5.74, 6) is -0.936. The number of rotatable bonds is 20. The molecule has 0 fully saturated rings. The highest BCUT2D eigenvalue weighted by atomic mass is 16.7. The summed E-state index contributed by atoms with van der Waals surface area (Å²) in [5, 5.41) is 8.39. The minimum atomic E-state index is -0.936. The third-order valence-corrected chi connectivity index (χ3v) is 4.43. The normalized spacial score (nSPS) is 11.0. The van der Waals surface area contributed by atoms with Crippen LogP contribution in [-0.4, -0.2) is 24.2 Å². The Bertz CT molecular complexity index is 259. The van der Waals surface area contributed by atoms with Gasteiger partial charge in [-0.1, -0.05) is 103 Å². The van der Waals surface area contributed by atoms with Crippen LogP contribution < -0.4 is 5.48 Å². The van der Waals surface area contributed by atoms with Crippen LogP contribution in [0.1, 0.15) is 110 Å². The van der Waals surface area contributed by atoms with Gasteiger partial charge < -0.3 is 5.11 Å². The predicted molar refractivity (Wildman–Crippen MR) is 101 cm³/mol. The molecule has 0 aliphatic rings. The zero-order chi connectivity index (χ0) is 17.7. The Morgan fingerprint density at radius 2 is 1.08 bits per heavy atom. The van der Waals surface area contributed by atoms with Crippen molar-refractivity contribution in [2.24, 2.45) is 0 Å². The molecule has 0 amide bonds. The van der Waals surface area contributed by atoms with Gasteiger partial charge in [0.2, 0.25) is 0 Å². The van der Waals surface area contributed by atoms with E-state index in [1.807, 2.05) is 0 Å². The van der Waals surface area contributed by atoms with Crippen LogP contribution in [0, 0.1) is 0 Å². The number of unbranched alkanes of at least 4 members (excludes halogenated alkanes) is 15. The van der Waals surface area contributed by atoms with E-state index in [0.29, 0.717) is 0 Å². The zero-order valence-corrected chi connectivity index (χ0v) is 16.0. The number of nitrogens with one attached hydrogen (secondary N) is 1. The van der Waals surface area contributed by atoms with Crippen LogP contribution in [0.5, 0.6) is 0 Å². The van der Waals surface area contributed by atoms with Crippen molar-refractivity contribution < 1.29 is 14.7 Å². The Morgan fingerprint density at radius 3 is 1.46 bits per heavy atom. The van der Waals surface area contributed by atoms with Crippen LogP contribution in [0.25, 0.3) is 0 Å². The molecular weight excluding hydrogens is 302 g/mol. The smallest absolute Gasteiger partial charge is 0.331 e. The fourth-order valence-electron chi connectivity index (χ4n) is 2.93. The first-order valence-electron chi connectivity index (χ1n) is 10.3. The molecule has 24 heavy (non-hydrogen) atoms. The minimum Gasteiger partial charge on any atom is -0.479 e. The maximum atomic E-state index is 10.2. The van der Waals surface area contributed by atoms with Crippen molar-refractivity contribution in [1.29, 1.82) is 0 Å². The zero-order valence-electron chi connectivity index (χ0n) is 16.0. The van der Waals surface area contributed by atoms with Gasteiger partial charge in [-0.25, -0.2) is 10.3 Å². The van der Waals surface area contributed by atoms with Gasteiger partial charge in [0.25, 0.3) is 0 Å². The van der Waals surface area contributed by atoms with Crippen molar-refractivity contribution in [3.8, 4) is 0 Å². The van der Waals surface area contributed by atoms with Crippen LogP contribution in [-0.2, 0) is 9.63 Å². The van der Waals surface area contributed by atoms with Gasteiger partial charge in [0.05, 0.1) is 0 Å². The van der Waals surface area contributed by atoms with E-state index in [0.717, 1.165) is 13.0 Å². The van der Waals surface area contributed by atoms with Gasteiger partial charge in [-0.2, -0.15) is 0 Å². The second kappa shape index (κ2) is 20.4. The maximum absolute atomic E-state index is 10.2. The second-order valence-corrected chi connectivity index (χ2v) is 6.88. The molecule has 0 aliphatic carbocycles. The third-order valence-electron chi connectivity index (χ3n) is 4.43. The van der Waals surface area contributed by atoms with Crippen LogP contribution in [0.15, 0.2) is 0 Å². The van der Waals surface area contributed by atoms with Gasteiger partial charge in [0.1, 0.15) is 0 Å². The van der Waals surface area contributed by atoms with Crippen LogP contribution in [0.4, 0.5) is 0 Å². The lowest BCUT2D eigenvalue weighted by Crippen LogP contribution is -2.20. The molecule has 0 spiro atoms. The summed E-state index contributed by atoms with van der Waals surface area (Å²) in [6, 6.07) is 0.